The first-order chi connectivity index (χ1) is 12.1. The van der Waals surface area contributed by atoms with Crippen molar-refractivity contribution in [1.29, 1.82) is 0 Å². The van der Waals surface area contributed by atoms with Gasteiger partial charge in [0.2, 0.25) is 5.69 Å². The molecule has 1 aliphatic heterocycles. The zero-order valence-electron chi connectivity index (χ0n) is 14.0. The summed E-state index contributed by atoms with van der Waals surface area (Å²) in [4.78, 5) is 24.7. The molecule has 8 nitrogen and oxygen atoms in total. The minimum atomic E-state index is -0.567. The van der Waals surface area contributed by atoms with Crippen LogP contribution in [0.25, 0.3) is 0 Å². The number of nitro groups is 1. The lowest BCUT2D eigenvalue weighted by Gasteiger charge is -2.15. The van der Waals surface area contributed by atoms with Gasteiger partial charge >= 0.3 is 5.69 Å². The number of likely N-dealkylation sites (tertiary alicyclic amines) is 1. The maximum Gasteiger partial charge on any atom is 0.322 e. The molecule has 0 saturated carbocycles. The molecule has 1 fully saturated rings. The van der Waals surface area contributed by atoms with Gasteiger partial charge in [0.15, 0.2) is 0 Å². The zero-order valence-corrected chi connectivity index (χ0v) is 14.0. The van der Waals surface area contributed by atoms with E-state index in [1.165, 1.54) is 6.92 Å². The van der Waals surface area contributed by atoms with E-state index in [2.05, 4.69) is 10.2 Å². The van der Waals surface area contributed by atoms with Gasteiger partial charge in [-0.25, -0.2) is 0 Å². The van der Waals surface area contributed by atoms with E-state index in [-0.39, 0.29) is 23.0 Å². The number of rotatable bonds is 6. The topological polar surface area (TPSA) is 101 Å². The van der Waals surface area contributed by atoms with E-state index in [0.29, 0.717) is 26.3 Å². The second kappa shape index (κ2) is 7.43. The molecule has 3 rings (SSSR count). The van der Waals surface area contributed by atoms with Crippen molar-refractivity contribution >= 4 is 11.6 Å². The van der Waals surface area contributed by atoms with Gasteiger partial charge in [-0.1, -0.05) is 30.3 Å². The molecule has 1 saturated heterocycles. The molecule has 1 amide bonds. The highest BCUT2D eigenvalue weighted by Crippen LogP contribution is 2.25. The lowest BCUT2D eigenvalue weighted by Crippen LogP contribution is -2.30. The SMILES string of the molecule is Cc1[nH]nc(C(=O)N2CCC(COCc3ccccc3)C2)c1[N+](=O)[O-]. The Morgan fingerprint density at radius 2 is 2.20 bits per heavy atom. The number of hydrogen-bond donors (Lipinski definition) is 1. The average molecular weight is 344 g/mol. The van der Waals surface area contributed by atoms with Crippen LogP contribution in [0.5, 0.6) is 0 Å². The van der Waals surface area contributed by atoms with E-state index in [4.69, 9.17) is 4.74 Å². The first kappa shape index (κ1) is 17.1. The molecule has 0 spiro atoms. The molecule has 2 aromatic rings. The highest BCUT2D eigenvalue weighted by Gasteiger charge is 2.34. The molecule has 2 heterocycles. The lowest BCUT2D eigenvalue weighted by atomic mass is 10.1. The first-order valence-electron chi connectivity index (χ1n) is 8.16. The number of hydrogen-bond acceptors (Lipinski definition) is 5. The van der Waals surface area contributed by atoms with Crippen LogP contribution < -0.4 is 0 Å². The summed E-state index contributed by atoms with van der Waals surface area (Å²) in [6.45, 7) is 3.71. The number of carbonyl (C=O) groups excluding carboxylic acids is 1. The fourth-order valence-corrected chi connectivity index (χ4v) is 3.02. The van der Waals surface area contributed by atoms with Crippen molar-refractivity contribution in [2.45, 2.75) is 20.0 Å². The lowest BCUT2D eigenvalue weighted by molar-refractivity contribution is -0.385. The third-order valence-corrected chi connectivity index (χ3v) is 4.34. The van der Waals surface area contributed by atoms with Gasteiger partial charge in [0, 0.05) is 19.0 Å². The van der Waals surface area contributed by atoms with E-state index in [0.717, 1.165) is 12.0 Å². The van der Waals surface area contributed by atoms with Gasteiger partial charge in [-0.15, -0.1) is 0 Å². The molecule has 1 aromatic carbocycles. The average Bonchev–Trinajstić information content (AvgIpc) is 3.22. The molecule has 132 valence electrons. The Bertz CT molecular complexity index is 759. The van der Waals surface area contributed by atoms with Gasteiger partial charge < -0.3 is 9.64 Å². The maximum atomic E-state index is 12.5. The number of aromatic amines is 1. The van der Waals surface area contributed by atoms with Gasteiger partial charge in [-0.3, -0.25) is 20.0 Å². The van der Waals surface area contributed by atoms with Gasteiger partial charge in [0.1, 0.15) is 5.69 Å². The summed E-state index contributed by atoms with van der Waals surface area (Å²) in [6.07, 6.45) is 0.817. The Labute approximate surface area is 144 Å². The molecule has 1 N–H and O–H groups in total. The normalized spacial score (nSPS) is 17.0. The molecular weight excluding hydrogens is 324 g/mol. The summed E-state index contributed by atoms with van der Waals surface area (Å²) in [5.41, 5.74) is 1.04. The Morgan fingerprint density at radius 3 is 2.92 bits per heavy atom. The van der Waals surface area contributed by atoms with Gasteiger partial charge in [-0.2, -0.15) is 5.10 Å². The van der Waals surface area contributed by atoms with Crippen LogP contribution in [0.1, 0.15) is 28.2 Å². The smallest absolute Gasteiger partial charge is 0.322 e. The van der Waals surface area contributed by atoms with E-state index in [9.17, 15) is 14.9 Å². The largest absolute Gasteiger partial charge is 0.376 e. The molecule has 1 aromatic heterocycles. The molecule has 25 heavy (non-hydrogen) atoms. The summed E-state index contributed by atoms with van der Waals surface area (Å²) < 4.78 is 5.74. The molecule has 0 radical (unpaired) electrons. The summed E-state index contributed by atoms with van der Waals surface area (Å²) in [5, 5.41) is 17.5. The second-order valence-corrected chi connectivity index (χ2v) is 6.21. The van der Waals surface area contributed by atoms with Crippen LogP contribution in [-0.4, -0.2) is 45.6 Å². The molecule has 0 aliphatic carbocycles. The van der Waals surface area contributed by atoms with Crippen LogP contribution in [-0.2, 0) is 11.3 Å². The Kier molecular flexibility index (Phi) is 5.08. The molecule has 1 aliphatic rings. The predicted octanol–water partition coefficient (Wildman–Crippen LogP) is 2.31. The van der Waals surface area contributed by atoms with Crippen LogP contribution >= 0.6 is 0 Å². The van der Waals surface area contributed by atoms with E-state index >= 15 is 0 Å². The number of benzene rings is 1. The highest BCUT2D eigenvalue weighted by molar-refractivity contribution is 5.96. The van der Waals surface area contributed by atoms with Crippen LogP contribution in [0.2, 0.25) is 0 Å². The summed E-state index contributed by atoms with van der Waals surface area (Å²) >= 11 is 0. The summed E-state index contributed by atoms with van der Waals surface area (Å²) in [7, 11) is 0. The molecule has 0 bridgehead atoms. The van der Waals surface area contributed by atoms with Gasteiger partial charge in [-0.05, 0) is 18.9 Å². The number of nitrogens with one attached hydrogen (secondary N) is 1. The monoisotopic (exact) mass is 344 g/mol. The third kappa shape index (κ3) is 3.85. The number of ether oxygens (including phenoxy) is 1. The van der Waals surface area contributed by atoms with Crippen LogP contribution in [0.3, 0.4) is 0 Å². The number of nitrogens with zero attached hydrogens (tertiary/aromatic N) is 3. The Hall–Kier alpha value is -2.74. The fourth-order valence-electron chi connectivity index (χ4n) is 3.02. The summed E-state index contributed by atoms with van der Waals surface area (Å²) in [6, 6.07) is 9.90. The minimum absolute atomic E-state index is 0.117. The Morgan fingerprint density at radius 1 is 1.44 bits per heavy atom. The van der Waals surface area contributed by atoms with E-state index in [1.54, 1.807) is 4.90 Å². The van der Waals surface area contributed by atoms with Crippen molar-refractivity contribution in [2.75, 3.05) is 19.7 Å². The predicted molar refractivity (Wildman–Crippen MR) is 90.1 cm³/mol. The van der Waals surface area contributed by atoms with Crippen LogP contribution in [0, 0.1) is 23.0 Å². The van der Waals surface area contributed by atoms with Crippen molar-refractivity contribution < 1.29 is 14.5 Å². The van der Waals surface area contributed by atoms with Crippen molar-refractivity contribution in [1.82, 2.24) is 15.1 Å². The van der Waals surface area contributed by atoms with Crippen molar-refractivity contribution in [3.63, 3.8) is 0 Å². The number of carbonyl (C=O) groups is 1. The maximum absolute atomic E-state index is 12.5. The van der Waals surface area contributed by atoms with Crippen LogP contribution in [0.15, 0.2) is 30.3 Å². The van der Waals surface area contributed by atoms with Crippen molar-refractivity contribution in [3.8, 4) is 0 Å². The number of amides is 1. The molecule has 8 heteroatoms. The number of aryl methyl sites for hydroxylation is 1. The Balaban J connectivity index is 1.54. The quantitative estimate of drug-likeness (QED) is 0.640. The van der Waals surface area contributed by atoms with E-state index < -0.39 is 10.8 Å². The molecule has 1 unspecified atom stereocenters. The number of H-pyrrole nitrogens is 1. The highest BCUT2D eigenvalue weighted by atomic mass is 16.6. The zero-order chi connectivity index (χ0) is 17.8. The first-order valence-corrected chi connectivity index (χ1v) is 8.16. The van der Waals surface area contributed by atoms with Gasteiger partial charge in [0.05, 0.1) is 18.1 Å². The van der Waals surface area contributed by atoms with Crippen molar-refractivity contribution in [2.24, 2.45) is 5.92 Å². The molecular formula is C17H20N4O4. The minimum Gasteiger partial charge on any atom is -0.376 e. The standard InChI is InChI=1S/C17H20N4O4/c1-12-16(21(23)24)15(19-18-12)17(22)20-8-7-14(9-20)11-25-10-13-5-3-2-4-6-13/h2-6,14H,7-11H2,1H3,(H,18,19). The molecule has 1 atom stereocenters. The van der Waals surface area contributed by atoms with Gasteiger partial charge in [0.25, 0.3) is 5.91 Å². The number of aromatic nitrogens is 2. The summed E-state index contributed by atoms with van der Waals surface area (Å²) in [5.74, 6) is -0.173. The third-order valence-electron chi connectivity index (χ3n) is 4.34. The van der Waals surface area contributed by atoms with Crippen LogP contribution in [0.4, 0.5) is 5.69 Å². The van der Waals surface area contributed by atoms with Crippen molar-refractivity contribution in [3.05, 3.63) is 57.4 Å². The van der Waals surface area contributed by atoms with E-state index in [1.807, 2.05) is 30.3 Å². The second-order valence-electron chi connectivity index (χ2n) is 6.21. The fraction of sp³-hybridized carbons (Fsp3) is 0.412.